The Hall–Kier alpha value is -5.08. The highest BCUT2D eigenvalue weighted by atomic mass is 16.5. The van der Waals surface area contributed by atoms with E-state index in [1.165, 1.54) is 0 Å². The Morgan fingerprint density at radius 3 is 1.48 bits per heavy atom. The largest absolute Gasteiger partial charge is 0.381 e. The molecule has 2 N–H and O–H groups in total. The molecule has 6 aromatic rings. The lowest BCUT2D eigenvalue weighted by molar-refractivity contribution is 0.0672. The summed E-state index contributed by atoms with van der Waals surface area (Å²) in [6.07, 6.45) is 11.2. The van der Waals surface area contributed by atoms with Crippen LogP contribution in [0.15, 0.2) is 70.8 Å². The lowest BCUT2D eigenvalue weighted by Gasteiger charge is -2.22. The normalized spacial score (nSPS) is 16.0. The first-order valence-electron chi connectivity index (χ1n) is 15.5. The first-order valence-corrected chi connectivity index (χ1v) is 15.5. The van der Waals surface area contributed by atoms with E-state index in [1.54, 1.807) is 24.8 Å². The Bertz CT molecular complexity index is 1880. The molecular formula is C32H34N10O4. The van der Waals surface area contributed by atoms with Crippen LogP contribution in [0.25, 0.3) is 22.1 Å². The van der Waals surface area contributed by atoms with Gasteiger partial charge in [-0.2, -0.15) is 10.2 Å². The van der Waals surface area contributed by atoms with Crippen molar-refractivity contribution in [2.24, 2.45) is 0 Å². The monoisotopic (exact) mass is 622 g/mol. The fraction of sp³-hybridized carbons (Fsp3) is 0.375. The summed E-state index contributed by atoms with van der Waals surface area (Å²) >= 11 is 0. The summed E-state index contributed by atoms with van der Waals surface area (Å²) in [5.41, 5.74) is 2.72. The summed E-state index contributed by atoms with van der Waals surface area (Å²) < 4.78 is 14.5. The number of pyridine rings is 2. The van der Waals surface area contributed by atoms with Crippen molar-refractivity contribution in [2.45, 2.75) is 50.6 Å². The molecule has 8 rings (SSSR count). The maximum Gasteiger partial charge on any atom is 0.262 e. The summed E-state index contributed by atoms with van der Waals surface area (Å²) in [6, 6.07) is 11.9. The molecule has 14 nitrogen and oxygen atoms in total. The average molecular weight is 623 g/mol. The molecule has 2 fully saturated rings. The fourth-order valence-electron chi connectivity index (χ4n) is 5.87. The van der Waals surface area contributed by atoms with Gasteiger partial charge in [0.05, 0.1) is 24.5 Å². The van der Waals surface area contributed by atoms with E-state index < -0.39 is 0 Å². The molecule has 2 saturated heterocycles. The number of nitrogens with one attached hydrogen (secondary N) is 2. The number of H-pyrrole nitrogens is 2. The van der Waals surface area contributed by atoms with Crippen LogP contribution in [0.2, 0.25) is 0 Å². The molecule has 46 heavy (non-hydrogen) atoms. The third-order valence-corrected chi connectivity index (χ3v) is 8.25. The van der Waals surface area contributed by atoms with Crippen LogP contribution in [0, 0.1) is 0 Å². The topological polar surface area (TPSA) is 171 Å². The lowest BCUT2D eigenvalue weighted by Crippen LogP contribution is -2.21. The summed E-state index contributed by atoms with van der Waals surface area (Å²) in [4.78, 5) is 48.1. The fourth-order valence-corrected chi connectivity index (χ4v) is 5.87. The van der Waals surface area contributed by atoms with Crippen molar-refractivity contribution in [1.29, 1.82) is 0 Å². The van der Waals surface area contributed by atoms with Crippen molar-refractivity contribution in [1.82, 2.24) is 49.5 Å². The third kappa shape index (κ3) is 6.48. The Morgan fingerprint density at radius 1 is 0.652 bits per heavy atom. The van der Waals surface area contributed by atoms with E-state index in [-0.39, 0.29) is 23.2 Å². The number of nitrogens with zero attached hydrogens (tertiary/aromatic N) is 8. The molecule has 0 atom stereocenters. The summed E-state index contributed by atoms with van der Waals surface area (Å²) in [6.45, 7) is 2.87. The Kier molecular flexibility index (Phi) is 8.69. The number of hydrogen-bond acceptors (Lipinski definition) is 10. The van der Waals surface area contributed by atoms with Gasteiger partial charge in [-0.05, 0) is 49.9 Å². The molecule has 0 amide bonds. The SMILES string of the molecule is O=c1[nH]c(Cc2ccccn2)nc2c1cnn2C1CCOCC1.O=c1[nH]c(Cc2ccccn2)nc2c1cnn2C1CCOCC1. The summed E-state index contributed by atoms with van der Waals surface area (Å²) in [5, 5.41) is 9.84. The van der Waals surface area contributed by atoms with Gasteiger partial charge in [0.15, 0.2) is 11.3 Å². The zero-order valence-electron chi connectivity index (χ0n) is 25.2. The standard InChI is InChI=1S/2C16H17N5O2/c2*22-16-13-10-18-21(12-4-7-23-8-5-12)15(13)19-14(20-16)9-11-3-1-2-6-17-11/h2*1-3,6,10,12H,4-5,7-9H2,(H,19,20,22). The second-order valence-corrected chi connectivity index (χ2v) is 11.4. The molecule has 236 valence electrons. The quantitative estimate of drug-likeness (QED) is 0.281. The van der Waals surface area contributed by atoms with E-state index in [4.69, 9.17) is 9.47 Å². The molecule has 14 heteroatoms. The van der Waals surface area contributed by atoms with Gasteiger partial charge in [-0.15, -0.1) is 0 Å². The molecule has 0 radical (unpaired) electrons. The van der Waals surface area contributed by atoms with Crippen LogP contribution in [-0.4, -0.2) is 75.9 Å². The molecule has 0 bridgehead atoms. The summed E-state index contributed by atoms with van der Waals surface area (Å²) in [7, 11) is 0. The van der Waals surface area contributed by atoms with Gasteiger partial charge in [0.1, 0.15) is 22.4 Å². The van der Waals surface area contributed by atoms with Gasteiger partial charge in [-0.25, -0.2) is 19.3 Å². The first-order chi connectivity index (χ1) is 22.6. The van der Waals surface area contributed by atoms with Crippen molar-refractivity contribution in [3.05, 3.63) is 105 Å². The van der Waals surface area contributed by atoms with Crippen LogP contribution in [-0.2, 0) is 22.3 Å². The van der Waals surface area contributed by atoms with Crippen molar-refractivity contribution in [3.8, 4) is 0 Å². The van der Waals surface area contributed by atoms with Crippen molar-refractivity contribution in [3.63, 3.8) is 0 Å². The molecule has 2 aliphatic heterocycles. The minimum absolute atomic E-state index is 0.153. The second kappa shape index (κ2) is 13.5. The van der Waals surface area contributed by atoms with Crippen LogP contribution in [0.1, 0.15) is 60.8 Å². The van der Waals surface area contributed by atoms with Crippen molar-refractivity contribution in [2.75, 3.05) is 26.4 Å². The maximum absolute atomic E-state index is 12.3. The van der Waals surface area contributed by atoms with Crippen LogP contribution in [0.4, 0.5) is 0 Å². The van der Waals surface area contributed by atoms with Gasteiger partial charge < -0.3 is 19.4 Å². The molecule has 6 aromatic heterocycles. The predicted molar refractivity (Wildman–Crippen MR) is 169 cm³/mol. The predicted octanol–water partition coefficient (Wildman–Crippen LogP) is 2.91. The van der Waals surface area contributed by atoms with E-state index >= 15 is 0 Å². The number of fused-ring (bicyclic) bond motifs is 2. The van der Waals surface area contributed by atoms with Gasteiger partial charge >= 0.3 is 0 Å². The number of aromatic nitrogens is 10. The first kappa shape index (κ1) is 29.6. The third-order valence-electron chi connectivity index (χ3n) is 8.25. The van der Waals surface area contributed by atoms with Gasteiger partial charge in [-0.3, -0.25) is 19.6 Å². The highest BCUT2D eigenvalue weighted by Crippen LogP contribution is 2.24. The Labute approximate surface area is 262 Å². The highest BCUT2D eigenvalue weighted by molar-refractivity contribution is 5.74. The van der Waals surface area contributed by atoms with E-state index in [2.05, 4.69) is 40.1 Å². The molecular weight excluding hydrogens is 588 g/mol. The van der Waals surface area contributed by atoms with E-state index in [9.17, 15) is 9.59 Å². The second-order valence-electron chi connectivity index (χ2n) is 11.4. The van der Waals surface area contributed by atoms with E-state index in [1.807, 2.05) is 45.8 Å². The minimum atomic E-state index is -0.153. The van der Waals surface area contributed by atoms with Gasteiger partial charge in [0.25, 0.3) is 11.1 Å². The molecule has 0 aromatic carbocycles. The van der Waals surface area contributed by atoms with Crippen LogP contribution in [0.5, 0.6) is 0 Å². The number of aromatic amines is 2. The number of rotatable bonds is 6. The number of hydrogen-bond donors (Lipinski definition) is 2. The van der Waals surface area contributed by atoms with Crippen molar-refractivity contribution < 1.29 is 9.47 Å². The Balaban J connectivity index is 0.000000147. The van der Waals surface area contributed by atoms with Gasteiger partial charge in [0.2, 0.25) is 0 Å². The van der Waals surface area contributed by atoms with Crippen LogP contribution >= 0.6 is 0 Å². The molecule has 0 spiro atoms. The van der Waals surface area contributed by atoms with E-state index in [0.717, 1.165) is 63.5 Å². The zero-order chi connectivity index (χ0) is 31.3. The number of ether oxygens (including phenoxy) is 2. The van der Waals surface area contributed by atoms with Gasteiger partial charge in [-0.1, -0.05) is 12.1 Å². The Morgan fingerprint density at radius 2 is 1.09 bits per heavy atom. The molecule has 0 aliphatic carbocycles. The van der Waals surface area contributed by atoms with Crippen LogP contribution in [0.3, 0.4) is 0 Å². The lowest BCUT2D eigenvalue weighted by atomic mass is 10.1. The molecule has 0 unspecified atom stereocenters. The van der Waals surface area contributed by atoms with E-state index in [0.29, 0.717) is 46.6 Å². The smallest absolute Gasteiger partial charge is 0.262 e. The minimum Gasteiger partial charge on any atom is -0.381 e. The molecule has 2 aliphatic rings. The zero-order valence-corrected chi connectivity index (χ0v) is 25.2. The maximum atomic E-state index is 12.3. The van der Waals surface area contributed by atoms with Crippen molar-refractivity contribution >= 4 is 22.1 Å². The summed E-state index contributed by atoms with van der Waals surface area (Å²) in [5.74, 6) is 1.21. The molecule has 0 saturated carbocycles. The highest BCUT2D eigenvalue weighted by Gasteiger charge is 2.22. The van der Waals surface area contributed by atoms with Gasteiger partial charge in [0, 0.05) is 63.1 Å². The average Bonchev–Trinajstić information content (AvgIpc) is 3.72. The van der Waals surface area contributed by atoms with Crippen LogP contribution < -0.4 is 11.1 Å². The molecule has 8 heterocycles.